The van der Waals surface area contributed by atoms with Crippen LogP contribution in [0.4, 0.5) is 0 Å². The van der Waals surface area contributed by atoms with Crippen molar-refractivity contribution in [2.24, 2.45) is 23.1 Å². The van der Waals surface area contributed by atoms with Crippen molar-refractivity contribution in [2.75, 3.05) is 24.7 Å². The molecule has 2 rings (SSSR count). The number of nitrogens with two attached hydrogens (primary N) is 3. The molecule has 1 aromatic heterocycles. The van der Waals surface area contributed by atoms with Gasteiger partial charge in [0.2, 0.25) is 53.2 Å². The molecule has 0 fully saturated rings. The van der Waals surface area contributed by atoms with Crippen LogP contribution < -0.4 is 59.7 Å². The van der Waals surface area contributed by atoms with E-state index in [1.807, 2.05) is 0 Å². The van der Waals surface area contributed by atoms with E-state index < -0.39 is 127 Å². The Labute approximate surface area is 420 Å². The zero-order chi connectivity index (χ0) is 53.4. The number of unbranched alkanes of at least 4 members (excludes halogenated alkanes) is 1. The molecule has 0 saturated heterocycles. The fourth-order valence-corrected chi connectivity index (χ4v) is 6.97. The maximum Gasteiger partial charge on any atom is 0.327 e. The Morgan fingerprint density at radius 3 is 1.68 bits per heavy atom. The number of amides is 9. The molecule has 71 heavy (non-hydrogen) atoms. The molecular formula is C43H67N13O13S2. The number of thiol groups is 2. The maximum atomic E-state index is 14.2. The van der Waals surface area contributed by atoms with Gasteiger partial charge in [0, 0.05) is 36.2 Å². The van der Waals surface area contributed by atoms with Gasteiger partial charge in [0.05, 0.1) is 25.4 Å². The average molecular weight is 1040 g/mol. The summed E-state index contributed by atoms with van der Waals surface area (Å²) in [5.74, 6) is -10.4. The first-order valence-electron chi connectivity index (χ1n) is 22.5. The maximum absolute atomic E-state index is 14.2. The van der Waals surface area contributed by atoms with E-state index in [4.69, 9.17) is 17.2 Å². The normalized spacial score (nSPS) is 14.9. The largest absolute Gasteiger partial charge is 0.508 e. The summed E-state index contributed by atoms with van der Waals surface area (Å²) < 4.78 is 0. The number of phenolic OH excluding ortho intramolecular Hbond substituents is 1. The summed E-state index contributed by atoms with van der Waals surface area (Å²) in [4.78, 5) is 138. The number of carboxylic acid groups (broad SMARTS) is 1. The Kier molecular flexibility index (Phi) is 26.5. The van der Waals surface area contributed by atoms with Gasteiger partial charge in [-0.3, -0.25) is 43.2 Å². The number of primary amides is 1. The van der Waals surface area contributed by atoms with E-state index in [0.29, 0.717) is 24.1 Å². The predicted octanol–water partition coefficient (Wildman–Crippen LogP) is -4.89. The lowest BCUT2D eigenvalue weighted by Crippen LogP contribution is -2.61. The number of carboxylic acids is 1. The number of phenols is 1. The van der Waals surface area contributed by atoms with Crippen LogP contribution in [-0.4, -0.2) is 163 Å². The molecule has 0 aliphatic rings. The molecule has 0 spiro atoms. The minimum atomic E-state index is -1.74. The van der Waals surface area contributed by atoms with Gasteiger partial charge >= 0.3 is 5.97 Å². The van der Waals surface area contributed by atoms with Gasteiger partial charge in [0.25, 0.3) is 0 Å². The van der Waals surface area contributed by atoms with Crippen LogP contribution in [0.2, 0.25) is 0 Å². The average Bonchev–Trinajstić information content (AvgIpc) is 3.84. The number of carbonyl (C=O) groups excluding carboxylic acids is 9. The van der Waals surface area contributed by atoms with Crippen molar-refractivity contribution < 1.29 is 63.3 Å². The van der Waals surface area contributed by atoms with Gasteiger partial charge in [0.15, 0.2) is 0 Å². The number of aromatic nitrogens is 2. The fraction of sp³-hybridized carbons (Fsp3) is 0.558. The van der Waals surface area contributed by atoms with Gasteiger partial charge < -0.3 is 80.0 Å². The second-order valence-electron chi connectivity index (χ2n) is 16.9. The van der Waals surface area contributed by atoms with Crippen LogP contribution in [0.3, 0.4) is 0 Å². The Morgan fingerprint density at radius 1 is 0.648 bits per heavy atom. The van der Waals surface area contributed by atoms with Crippen molar-refractivity contribution in [3.05, 3.63) is 48.0 Å². The van der Waals surface area contributed by atoms with Crippen molar-refractivity contribution in [2.45, 2.75) is 120 Å². The zero-order valence-corrected chi connectivity index (χ0v) is 41.3. The van der Waals surface area contributed by atoms with E-state index in [9.17, 15) is 63.3 Å². The third-order valence-electron chi connectivity index (χ3n) is 10.5. The Hall–Kier alpha value is -6.49. The molecule has 0 aliphatic heterocycles. The number of imidazole rings is 1. The highest BCUT2D eigenvalue weighted by Gasteiger charge is 2.35. The number of aromatic hydroxyl groups is 1. The van der Waals surface area contributed by atoms with Crippen molar-refractivity contribution in [1.82, 2.24) is 52.5 Å². The number of H-pyrrole nitrogens is 1. The van der Waals surface area contributed by atoms with Gasteiger partial charge in [-0.25, -0.2) is 9.78 Å². The highest BCUT2D eigenvalue weighted by atomic mass is 32.1. The molecule has 2 aromatic rings. The van der Waals surface area contributed by atoms with E-state index in [2.05, 4.69) is 77.8 Å². The van der Waals surface area contributed by atoms with Crippen LogP contribution in [0, 0.1) is 5.92 Å². The SMILES string of the molecule is CC(C)C[C@H](NC(=O)[C@H](C)NC(=O)[C@H](CC(N)=O)NC(=O)[C@@H](N)CS)C(=O)N[C@@H](CO)C(=O)N[C@@H](Cc1cnc[nH]1)C(=O)N[C@@H](Cc1ccc(O)cc1)C(=O)N[C@@H](CCCCN)C(=O)N[C@@H](CS)C(=O)O. The topological polar surface area (TPSA) is 434 Å². The van der Waals surface area contributed by atoms with Crippen molar-refractivity contribution in [3.8, 4) is 5.75 Å². The Morgan fingerprint density at radius 2 is 1.15 bits per heavy atom. The molecule has 18 N–H and O–H groups in total. The predicted molar refractivity (Wildman–Crippen MR) is 262 cm³/mol. The van der Waals surface area contributed by atoms with E-state index in [0.717, 1.165) is 0 Å². The molecule has 26 nitrogen and oxygen atoms in total. The van der Waals surface area contributed by atoms with Gasteiger partial charge in [-0.2, -0.15) is 25.3 Å². The molecular weight excluding hydrogens is 971 g/mol. The van der Waals surface area contributed by atoms with Crippen LogP contribution >= 0.6 is 25.3 Å². The van der Waals surface area contributed by atoms with Crippen LogP contribution in [0.15, 0.2) is 36.8 Å². The Bertz CT molecular complexity index is 2120. The molecule has 0 saturated carbocycles. The molecule has 0 bridgehead atoms. The molecule has 1 heterocycles. The van der Waals surface area contributed by atoms with E-state index >= 15 is 0 Å². The number of rotatable bonds is 32. The molecule has 0 unspecified atom stereocenters. The number of benzene rings is 1. The van der Waals surface area contributed by atoms with E-state index in [1.54, 1.807) is 13.8 Å². The number of carbonyl (C=O) groups is 10. The smallest absolute Gasteiger partial charge is 0.327 e. The minimum Gasteiger partial charge on any atom is -0.508 e. The number of aliphatic carboxylic acids is 1. The molecule has 9 amide bonds. The summed E-state index contributed by atoms with van der Waals surface area (Å²) in [7, 11) is 0. The van der Waals surface area contributed by atoms with Gasteiger partial charge in [-0.15, -0.1) is 0 Å². The number of nitrogens with one attached hydrogen (secondary N) is 9. The Balaban J connectivity index is 2.38. The lowest BCUT2D eigenvalue weighted by molar-refractivity contribution is -0.141. The first kappa shape index (κ1) is 60.6. The monoisotopic (exact) mass is 1040 g/mol. The van der Waals surface area contributed by atoms with Gasteiger partial charge in [-0.05, 0) is 62.8 Å². The number of nitrogens with zero attached hydrogens (tertiary/aromatic N) is 1. The molecule has 0 radical (unpaired) electrons. The van der Waals surface area contributed by atoms with Gasteiger partial charge in [0.1, 0.15) is 54.1 Å². The summed E-state index contributed by atoms with van der Waals surface area (Å²) in [5, 5.41) is 49.3. The fourth-order valence-electron chi connectivity index (χ4n) is 6.56. The van der Waals surface area contributed by atoms with E-state index in [1.165, 1.54) is 43.7 Å². The number of aliphatic hydroxyl groups excluding tert-OH is 1. The summed E-state index contributed by atoms with van der Waals surface area (Å²) >= 11 is 7.92. The summed E-state index contributed by atoms with van der Waals surface area (Å²) in [6.45, 7) is 3.96. The van der Waals surface area contributed by atoms with Crippen molar-refractivity contribution in [1.29, 1.82) is 0 Å². The molecule has 394 valence electrons. The lowest BCUT2D eigenvalue weighted by Gasteiger charge is -2.27. The summed E-state index contributed by atoms with van der Waals surface area (Å²) in [6.07, 6.45) is 2.35. The molecule has 28 heteroatoms. The number of hydrogen-bond acceptors (Lipinski definition) is 17. The summed E-state index contributed by atoms with van der Waals surface area (Å²) in [5.41, 5.74) is 17.3. The van der Waals surface area contributed by atoms with Crippen LogP contribution in [0.5, 0.6) is 5.75 Å². The first-order chi connectivity index (χ1) is 33.5. The minimum absolute atomic E-state index is 0.0137. The standard InChI is InChI=1S/C43H67N13O13S2/c1-21(2)12-28(51-35(60)22(3)49-38(63)31(15-34(46)59)52-36(61)26(45)18-70)39(64)55-32(17-57)42(67)54-30(14-24-16-47-20-48-24)41(66)53-29(13-23-7-9-25(58)10-8-23)40(65)50-27(6-4-5-11-44)37(62)56-33(19-71)43(68)69/h7-10,16,20-22,26-33,57-58,70-71H,4-6,11-15,17-19,44-45H2,1-3H3,(H2,46,59)(H,47,48)(H,49,63)(H,50,65)(H,51,60)(H,52,61)(H,53,66)(H,54,67)(H,55,64)(H,56,62)(H,68,69)/t22-,26-,27-,28-,29-,30-,31-,32-,33-/m0/s1. The molecule has 1 aromatic carbocycles. The highest BCUT2D eigenvalue weighted by Crippen LogP contribution is 2.13. The van der Waals surface area contributed by atoms with Gasteiger partial charge in [-0.1, -0.05) is 26.0 Å². The first-order valence-corrected chi connectivity index (χ1v) is 23.8. The van der Waals surface area contributed by atoms with Crippen molar-refractivity contribution in [3.63, 3.8) is 0 Å². The van der Waals surface area contributed by atoms with Crippen LogP contribution in [-0.2, 0) is 60.8 Å². The number of hydrogen-bond donors (Lipinski definition) is 17. The lowest BCUT2D eigenvalue weighted by atomic mass is 10.0. The second-order valence-corrected chi connectivity index (χ2v) is 17.6. The highest BCUT2D eigenvalue weighted by molar-refractivity contribution is 7.80. The zero-order valence-electron chi connectivity index (χ0n) is 39.5. The van der Waals surface area contributed by atoms with Crippen LogP contribution in [0.25, 0.3) is 0 Å². The third kappa shape index (κ3) is 21.6. The number of aromatic amines is 1. The van der Waals surface area contributed by atoms with E-state index in [-0.39, 0.29) is 55.4 Å². The quantitative estimate of drug-likeness (QED) is 0.0241. The third-order valence-corrected chi connectivity index (χ3v) is 11.2. The molecule has 9 atom stereocenters. The second kappa shape index (κ2) is 31.0. The molecule has 0 aliphatic carbocycles. The number of aliphatic hydroxyl groups is 1. The summed E-state index contributed by atoms with van der Waals surface area (Å²) in [6, 6.07) is -7.15. The van der Waals surface area contributed by atoms with Crippen molar-refractivity contribution >= 4 is 84.4 Å². The van der Waals surface area contributed by atoms with Crippen LogP contribution in [0.1, 0.15) is 64.1 Å².